The van der Waals surface area contributed by atoms with Gasteiger partial charge in [-0.3, -0.25) is 0 Å². The summed E-state index contributed by atoms with van der Waals surface area (Å²) in [4.78, 5) is 3.00. The van der Waals surface area contributed by atoms with Gasteiger partial charge in [0.05, 0.1) is 0 Å². The summed E-state index contributed by atoms with van der Waals surface area (Å²) in [6.07, 6.45) is 1.48. The smallest absolute Gasteiger partial charge is 0.169 e. The first-order chi connectivity index (χ1) is 7.72. The van der Waals surface area contributed by atoms with E-state index in [0.717, 1.165) is 10.9 Å². The Morgan fingerprint density at radius 1 is 1.31 bits per heavy atom. The Kier molecular flexibility index (Phi) is 2.03. The fourth-order valence-corrected chi connectivity index (χ4v) is 2.64. The Balaban J connectivity index is 2.19. The van der Waals surface area contributed by atoms with E-state index >= 15 is 0 Å². The van der Waals surface area contributed by atoms with Crippen LogP contribution >= 0.6 is 0 Å². The van der Waals surface area contributed by atoms with Crippen LogP contribution in [-0.2, 0) is 5.67 Å². The zero-order valence-electron chi connectivity index (χ0n) is 8.84. The van der Waals surface area contributed by atoms with Crippen LogP contribution in [0.3, 0.4) is 0 Å². The van der Waals surface area contributed by atoms with Crippen LogP contribution in [0.5, 0.6) is 0 Å². The van der Waals surface area contributed by atoms with Crippen molar-refractivity contribution in [1.29, 1.82) is 0 Å². The lowest BCUT2D eigenvalue weighted by molar-refractivity contribution is 0.0769. The van der Waals surface area contributed by atoms with Gasteiger partial charge in [-0.1, -0.05) is 18.2 Å². The number of hydrogen-bond donors (Lipinski definition) is 1. The Hall–Kier alpha value is -1.38. The Labute approximate surface area is 92.5 Å². The zero-order valence-corrected chi connectivity index (χ0v) is 8.84. The SMILES string of the molecule is FC1CCCC1(F)c1c[nH]c2ccccc12. The normalized spacial score (nSPS) is 30.0. The van der Waals surface area contributed by atoms with Crippen molar-refractivity contribution in [1.82, 2.24) is 4.98 Å². The van der Waals surface area contributed by atoms with Gasteiger partial charge in [-0.2, -0.15) is 0 Å². The van der Waals surface area contributed by atoms with Crippen LogP contribution < -0.4 is 0 Å². The van der Waals surface area contributed by atoms with E-state index in [2.05, 4.69) is 4.98 Å². The molecule has 2 atom stereocenters. The average molecular weight is 221 g/mol. The summed E-state index contributed by atoms with van der Waals surface area (Å²) in [6.45, 7) is 0. The molecule has 1 heterocycles. The largest absolute Gasteiger partial charge is 0.361 e. The fraction of sp³-hybridized carbons (Fsp3) is 0.385. The maximum absolute atomic E-state index is 14.6. The highest BCUT2D eigenvalue weighted by Gasteiger charge is 2.46. The summed E-state index contributed by atoms with van der Waals surface area (Å²) in [5.41, 5.74) is -0.443. The zero-order chi connectivity index (χ0) is 11.2. The molecule has 84 valence electrons. The molecule has 16 heavy (non-hydrogen) atoms. The van der Waals surface area contributed by atoms with Gasteiger partial charge in [0.2, 0.25) is 0 Å². The molecule has 0 bridgehead atoms. The number of rotatable bonds is 1. The molecule has 1 aliphatic carbocycles. The molecule has 1 fully saturated rings. The number of fused-ring (bicyclic) bond motifs is 1. The third-order valence-corrected chi connectivity index (χ3v) is 3.53. The monoisotopic (exact) mass is 221 g/mol. The van der Waals surface area contributed by atoms with Gasteiger partial charge < -0.3 is 4.98 Å². The minimum atomic E-state index is -1.79. The summed E-state index contributed by atoms with van der Waals surface area (Å²) < 4.78 is 28.3. The van der Waals surface area contributed by atoms with Crippen molar-refractivity contribution in [2.24, 2.45) is 0 Å². The number of aromatic amines is 1. The minimum absolute atomic E-state index is 0.288. The molecule has 2 unspecified atom stereocenters. The molecule has 3 rings (SSSR count). The van der Waals surface area contributed by atoms with Gasteiger partial charge in [-0.15, -0.1) is 0 Å². The lowest BCUT2D eigenvalue weighted by Gasteiger charge is -2.21. The van der Waals surface area contributed by atoms with E-state index in [0.29, 0.717) is 18.4 Å². The van der Waals surface area contributed by atoms with E-state index in [1.807, 2.05) is 24.3 Å². The van der Waals surface area contributed by atoms with E-state index in [1.54, 1.807) is 6.20 Å². The number of H-pyrrole nitrogens is 1. The van der Waals surface area contributed by atoms with Gasteiger partial charge in [-0.05, 0) is 25.3 Å². The first kappa shape index (κ1) is 9.82. The number of aromatic nitrogens is 1. The molecular formula is C13H13F2N. The van der Waals surface area contributed by atoms with Gasteiger partial charge in [0.25, 0.3) is 0 Å². The van der Waals surface area contributed by atoms with Gasteiger partial charge in [0.15, 0.2) is 5.67 Å². The Morgan fingerprint density at radius 2 is 2.12 bits per heavy atom. The van der Waals surface area contributed by atoms with Crippen LogP contribution in [0, 0.1) is 0 Å². The molecule has 1 nitrogen and oxygen atoms in total. The molecule has 3 heteroatoms. The van der Waals surface area contributed by atoms with Crippen molar-refractivity contribution >= 4 is 10.9 Å². The maximum Gasteiger partial charge on any atom is 0.169 e. The van der Waals surface area contributed by atoms with Crippen molar-refractivity contribution in [2.75, 3.05) is 0 Å². The van der Waals surface area contributed by atoms with E-state index < -0.39 is 11.8 Å². The summed E-state index contributed by atoms with van der Waals surface area (Å²) in [5, 5.41) is 0.801. The topological polar surface area (TPSA) is 15.8 Å². The van der Waals surface area contributed by atoms with Crippen molar-refractivity contribution in [3.63, 3.8) is 0 Å². The second kappa shape index (κ2) is 3.30. The number of halogens is 2. The Bertz CT molecular complexity index is 519. The molecule has 1 saturated carbocycles. The molecule has 2 aromatic rings. The van der Waals surface area contributed by atoms with Crippen LogP contribution in [0.1, 0.15) is 24.8 Å². The lowest BCUT2D eigenvalue weighted by atomic mass is 9.92. The highest BCUT2D eigenvalue weighted by atomic mass is 19.2. The van der Waals surface area contributed by atoms with E-state index in [9.17, 15) is 8.78 Å². The number of para-hydroxylation sites is 1. The third kappa shape index (κ3) is 1.20. The van der Waals surface area contributed by atoms with E-state index in [4.69, 9.17) is 0 Å². The second-order valence-corrected chi connectivity index (χ2v) is 4.47. The molecule has 1 aromatic heterocycles. The van der Waals surface area contributed by atoms with Crippen molar-refractivity contribution < 1.29 is 8.78 Å². The molecule has 0 spiro atoms. The fourth-order valence-electron chi connectivity index (χ4n) is 2.64. The first-order valence-electron chi connectivity index (χ1n) is 5.61. The molecule has 0 amide bonds. The van der Waals surface area contributed by atoms with Crippen LogP contribution in [0.2, 0.25) is 0 Å². The molecule has 0 radical (unpaired) electrons. The maximum atomic E-state index is 14.6. The molecule has 1 N–H and O–H groups in total. The van der Waals surface area contributed by atoms with E-state index in [1.165, 1.54) is 0 Å². The molecule has 0 saturated heterocycles. The lowest BCUT2D eigenvalue weighted by Crippen LogP contribution is -2.25. The number of alkyl halides is 2. The minimum Gasteiger partial charge on any atom is -0.361 e. The van der Waals surface area contributed by atoms with Gasteiger partial charge >= 0.3 is 0 Å². The van der Waals surface area contributed by atoms with Crippen LogP contribution in [-0.4, -0.2) is 11.2 Å². The number of hydrogen-bond acceptors (Lipinski definition) is 0. The second-order valence-electron chi connectivity index (χ2n) is 4.47. The summed E-state index contributed by atoms with van der Waals surface area (Å²) >= 11 is 0. The summed E-state index contributed by atoms with van der Waals surface area (Å²) in [6, 6.07) is 7.46. The summed E-state index contributed by atoms with van der Waals surface area (Å²) in [5.74, 6) is 0. The standard InChI is InChI=1S/C13H13F2N/c14-12-6-3-7-13(12,15)10-8-16-11-5-2-1-4-9(10)11/h1-2,4-5,8,12,16H,3,6-7H2. The summed E-state index contributed by atoms with van der Waals surface area (Å²) in [7, 11) is 0. The average Bonchev–Trinajstić information content (AvgIpc) is 2.85. The predicted octanol–water partition coefficient (Wildman–Crippen LogP) is 3.85. The van der Waals surface area contributed by atoms with Crippen molar-refractivity contribution in [3.8, 4) is 0 Å². The quantitative estimate of drug-likeness (QED) is 0.752. The van der Waals surface area contributed by atoms with Gasteiger partial charge in [-0.25, -0.2) is 8.78 Å². The molecule has 1 aromatic carbocycles. The van der Waals surface area contributed by atoms with E-state index in [-0.39, 0.29) is 6.42 Å². The Morgan fingerprint density at radius 3 is 2.88 bits per heavy atom. The number of benzene rings is 1. The van der Waals surface area contributed by atoms with Crippen molar-refractivity contribution in [2.45, 2.75) is 31.1 Å². The van der Waals surface area contributed by atoms with Crippen LogP contribution in [0.25, 0.3) is 10.9 Å². The third-order valence-electron chi connectivity index (χ3n) is 3.53. The molecule has 0 aliphatic heterocycles. The molecular weight excluding hydrogens is 208 g/mol. The van der Waals surface area contributed by atoms with Gasteiger partial charge in [0, 0.05) is 22.7 Å². The van der Waals surface area contributed by atoms with Crippen LogP contribution in [0.15, 0.2) is 30.5 Å². The highest BCUT2D eigenvalue weighted by molar-refractivity contribution is 5.84. The molecule has 1 aliphatic rings. The van der Waals surface area contributed by atoms with Crippen molar-refractivity contribution in [3.05, 3.63) is 36.0 Å². The van der Waals surface area contributed by atoms with Crippen LogP contribution in [0.4, 0.5) is 8.78 Å². The predicted molar refractivity (Wildman–Crippen MR) is 59.8 cm³/mol. The first-order valence-corrected chi connectivity index (χ1v) is 5.61. The highest BCUT2D eigenvalue weighted by Crippen LogP contribution is 2.46. The number of nitrogens with one attached hydrogen (secondary N) is 1. The van der Waals surface area contributed by atoms with Gasteiger partial charge in [0.1, 0.15) is 6.17 Å².